The van der Waals surface area contributed by atoms with E-state index < -0.39 is 0 Å². The van der Waals surface area contributed by atoms with Gasteiger partial charge in [0.05, 0.1) is 0 Å². The van der Waals surface area contributed by atoms with E-state index in [0.717, 1.165) is 50.5 Å². The number of nitrogens with zero attached hydrogens (tertiary/aromatic N) is 1. The quantitative estimate of drug-likeness (QED) is 0.778. The Morgan fingerprint density at radius 1 is 1.15 bits per heavy atom. The minimum atomic E-state index is 0.145. The summed E-state index contributed by atoms with van der Waals surface area (Å²) in [7, 11) is 0. The number of rotatable bonds is 6. The predicted molar refractivity (Wildman–Crippen MR) is 110 cm³/mol. The van der Waals surface area contributed by atoms with Crippen molar-refractivity contribution < 1.29 is 4.74 Å². The van der Waals surface area contributed by atoms with Gasteiger partial charge in [-0.3, -0.25) is 4.90 Å². The molecule has 1 saturated heterocycles. The normalized spacial score (nSPS) is 23.7. The molecule has 0 spiro atoms. The molecule has 3 nitrogen and oxygen atoms in total. The molecule has 0 radical (unpaired) electrons. The van der Waals surface area contributed by atoms with Crippen molar-refractivity contribution in [3.8, 4) is 5.75 Å². The van der Waals surface area contributed by atoms with E-state index in [4.69, 9.17) is 10.5 Å². The molecule has 0 saturated carbocycles. The summed E-state index contributed by atoms with van der Waals surface area (Å²) in [6.07, 6.45) is 2.13. The van der Waals surface area contributed by atoms with E-state index in [1.807, 2.05) is 30.3 Å². The Kier molecular flexibility index (Phi) is 5.87. The van der Waals surface area contributed by atoms with Crippen LogP contribution in [0.3, 0.4) is 0 Å². The van der Waals surface area contributed by atoms with Crippen molar-refractivity contribution in [3.05, 3.63) is 59.7 Å². The first-order chi connectivity index (χ1) is 12.5. The van der Waals surface area contributed by atoms with Crippen LogP contribution in [-0.4, -0.2) is 31.1 Å². The molecule has 2 atom stereocenters. The van der Waals surface area contributed by atoms with Crippen molar-refractivity contribution >= 4 is 5.69 Å². The molecule has 0 amide bonds. The van der Waals surface area contributed by atoms with Gasteiger partial charge in [-0.2, -0.15) is 0 Å². The highest BCUT2D eigenvalue weighted by atomic mass is 16.5. The lowest BCUT2D eigenvalue weighted by Gasteiger charge is -2.45. The Morgan fingerprint density at radius 3 is 2.62 bits per heavy atom. The maximum absolute atomic E-state index is 6.52. The summed E-state index contributed by atoms with van der Waals surface area (Å²) in [5.41, 5.74) is 10.3. The Hall–Kier alpha value is -2.00. The van der Waals surface area contributed by atoms with Crippen molar-refractivity contribution in [2.24, 2.45) is 5.92 Å². The number of nitrogens with two attached hydrogens (primary N) is 1. The van der Waals surface area contributed by atoms with Crippen LogP contribution in [-0.2, 0) is 11.8 Å². The summed E-state index contributed by atoms with van der Waals surface area (Å²) < 4.78 is 5.87. The zero-order chi connectivity index (χ0) is 18.6. The average molecular weight is 353 g/mol. The molecular formula is C23H32N2O. The maximum Gasteiger partial charge on any atom is 0.119 e. The number of hydrogen-bond acceptors (Lipinski definition) is 3. The van der Waals surface area contributed by atoms with Crippen LogP contribution in [0.4, 0.5) is 5.69 Å². The summed E-state index contributed by atoms with van der Waals surface area (Å²) in [5.74, 6) is 1.51. The van der Waals surface area contributed by atoms with E-state index >= 15 is 0 Å². The van der Waals surface area contributed by atoms with Crippen molar-refractivity contribution in [2.45, 2.75) is 39.0 Å². The summed E-state index contributed by atoms with van der Waals surface area (Å²) >= 11 is 0. The lowest BCUT2D eigenvalue weighted by atomic mass is 9.67. The van der Waals surface area contributed by atoms with Gasteiger partial charge in [-0.25, -0.2) is 0 Å². The molecule has 1 aliphatic heterocycles. The highest BCUT2D eigenvalue weighted by Gasteiger charge is 2.39. The number of aryl methyl sites for hydroxylation is 1. The molecule has 2 aromatic rings. The SMILES string of the molecule is CCc1cccc(C2(C)CCN(CCOc3ccccc3)CC2C)c1N. The summed E-state index contributed by atoms with van der Waals surface area (Å²) in [5, 5.41) is 0. The highest BCUT2D eigenvalue weighted by molar-refractivity contribution is 5.57. The van der Waals surface area contributed by atoms with Crippen LogP contribution in [0.1, 0.15) is 38.3 Å². The first kappa shape index (κ1) is 18.8. The third-order valence-corrected chi connectivity index (χ3v) is 6.18. The number of nitrogen functional groups attached to an aromatic ring is 1. The summed E-state index contributed by atoms with van der Waals surface area (Å²) in [6.45, 7) is 10.8. The van der Waals surface area contributed by atoms with Crippen molar-refractivity contribution in [3.63, 3.8) is 0 Å². The lowest BCUT2D eigenvalue weighted by Crippen LogP contribution is -2.48. The number of ether oxygens (including phenoxy) is 1. The standard InChI is InChI=1S/C23H32N2O/c1-4-19-9-8-12-21(22(19)24)23(3)13-14-25(17-18(23)2)15-16-26-20-10-6-5-7-11-20/h5-12,18H,4,13-17,24H2,1-3H3. The van der Waals surface area contributed by atoms with Gasteiger partial charge in [0.15, 0.2) is 0 Å². The number of piperidine rings is 1. The van der Waals surface area contributed by atoms with Gasteiger partial charge in [-0.05, 0) is 54.0 Å². The van der Waals surface area contributed by atoms with Gasteiger partial charge in [0, 0.05) is 18.8 Å². The van der Waals surface area contributed by atoms with Crippen LogP contribution >= 0.6 is 0 Å². The molecule has 2 N–H and O–H groups in total. The zero-order valence-electron chi connectivity index (χ0n) is 16.4. The van der Waals surface area contributed by atoms with Crippen LogP contribution in [0.15, 0.2) is 48.5 Å². The minimum Gasteiger partial charge on any atom is -0.492 e. The Morgan fingerprint density at radius 2 is 1.92 bits per heavy atom. The molecule has 2 aromatic carbocycles. The summed E-state index contributed by atoms with van der Waals surface area (Å²) in [4.78, 5) is 2.52. The Balaban J connectivity index is 1.61. The van der Waals surface area contributed by atoms with Crippen molar-refractivity contribution in [2.75, 3.05) is 32.0 Å². The fourth-order valence-corrected chi connectivity index (χ4v) is 4.15. The number of hydrogen-bond donors (Lipinski definition) is 1. The van der Waals surface area contributed by atoms with Gasteiger partial charge in [-0.15, -0.1) is 0 Å². The number of anilines is 1. The Bertz CT molecular complexity index is 715. The lowest BCUT2D eigenvalue weighted by molar-refractivity contribution is 0.0973. The highest BCUT2D eigenvalue weighted by Crippen LogP contribution is 2.42. The van der Waals surface area contributed by atoms with Crippen LogP contribution in [0.2, 0.25) is 0 Å². The van der Waals surface area contributed by atoms with Gasteiger partial charge < -0.3 is 10.5 Å². The second kappa shape index (κ2) is 8.13. The number of para-hydroxylation sites is 2. The molecule has 26 heavy (non-hydrogen) atoms. The predicted octanol–water partition coefficient (Wildman–Crippen LogP) is 4.51. The van der Waals surface area contributed by atoms with Crippen molar-refractivity contribution in [1.82, 2.24) is 4.90 Å². The fraction of sp³-hybridized carbons (Fsp3) is 0.478. The topological polar surface area (TPSA) is 38.5 Å². The van der Waals surface area contributed by atoms with E-state index in [1.54, 1.807) is 0 Å². The van der Waals surface area contributed by atoms with E-state index in [-0.39, 0.29) is 5.41 Å². The average Bonchev–Trinajstić information content (AvgIpc) is 2.66. The monoisotopic (exact) mass is 352 g/mol. The minimum absolute atomic E-state index is 0.145. The molecule has 1 heterocycles. The third kappa shape index (κ3) is 3.88. The first-order valence-corrected chi connectivity index (χ1v) is 9.82. The molecule has 2 unspecified atom stereocenters. The van der Waals surface area contributed by atoms with E-state index in [9.17, 15) is 0 Å². The Labute approximate surface area is 158 Å². The van der Waals surface area contributed by atoms with Crippen LogP contribution < -0.4 is 10.5 Å². The molecule has 0 aromatic heterocycles. The van der Waals surface area contributed by atoms with Gasteiger partial charge in [0.1, 0.15) is 12.4 Å². The fourth-order valence-electron chi connectivity index (χ4n) is 4.15. The third-order valence-electron chi connectivity index (χ3n) is 6.18. The first-order valence-electron chi connectivity index (χ1n) is 9.82. The second-order valence-electron chi connectivity index (χ2n) is 7.76. The van der Waals surface area contributed by atoms with Gasteiger partial charge in [0.25, 0.3) is 0 Å². The van der Waals surface area contributed by atoms with Crippen LogP contribution in [0.25, 0.3) is 0 Å². The molecule has 140 valence electrons. The zero-order valence-corrected chi connectivity index (χ0v) is 16.4. The van der Waals surface area contributed by atoms with E-state index in [2.05, 4.69) is 43.9 Å². The van der Waals surface area contributed by atoms with Gasteiger partial charge in [-0.1, -0.05) is 57.2 Å². The van der Waals surface area contributed by atoms with Crippen LogP contribution in [0.5, 0.6) is 5.75 Å². The molecule has 0 aliphatic carbocycles. The van der Waals surface area contributed by atoms with Gasteiger partial charge in [0.2, 0.25) is 0 Å². The largest absolute Gasteiger partial charge is 0.492 e. The maximum atomic E-state index is 6.52. The van der Waals surface area contributed by atoms with E-state index in [1.165, 1.54) is 11.1 Å². The molecule has 3 rings (SSSR count). The molecule has 1 aliphatic rings. The number of likely N-dealkylation sites (tertiary alicyclic amines) is 1. The summed E-state index contributed by atoms with van der Waals surface area (Å²) in [6, 6.07) is 16.6. The molecule has 1 fully saturated rings. The van der Waals surface area contributed by atoms with Gasteiger partial charge >= 0.3 is 0 Å². The van der Waals surface area contributed by atoms with E-state index in [0.29, 0.717) is 5.92 Å². The molecule has 0 bridgehead atoms. The second-order valence-corrected chi connectivity index (χ2v) is 7.76. The molecule has 3 heteroatoms. The number of benzene rings is 2. The van der Waals surface area contributed by atoms with Crippen molar-refractivity contribution in [1.29, 1.82) is 0 Å². The van der Waals surface area contributed by atoms with Crippen LogP contribution in [0, 0.1) is 5.92 Å². The smallest absolute Gasteiger partial charge is 0.119 e. The molecular weight excluding hydrogens is 320 g/mol.